The minimum absolute atomic E-state index is 0. The Morgan fingerprint density at radius 3 is 2.69 bits per heavy atom. The van der Waals surface area contributed by atoms with Gasteiger partial charge in [-0.05, 0) is 26.3 Å². The Bertz CT molecular complexity index is 286. The molecule has 1 nitrogen and oxygen atoms in total. The molecule has 0 atom stereocenters. The largest absolute Gasteiger partial charge is 0.426 e. The molecule has 1 aromatic carbocycles. The number of fused-ring (bicyclic) bond motifs is 1. The molecule has 0 amide bonds. The van der Waals surface area contributed by atoms with E-state index in [0.29, 0.717) is 0 Å². The Morgan fingerprint density at radius 1 is 1.31 bits per heavy atom. The van der Waals surface area contributed by atoms with Crippen molar-refractivity contribution in [2.75, 3.05) is 18.5 Å². The van der Waals surface area contributed by atoms with Crippen molar-refractivity contribution < 1.29 is 32.7 Å². The van der Waals surface area contributed by atoms with Gasteiger partial charge in [0.25, 0.3) is 0 Å². The van der Waals surface area contributed by atoms with Gasteiger partial charge in [-0.2, -0.15) is 38.1 Å². The van der Waals surface area contributed by atoms with Crippen molar-refractivity contribution in [1.82, 2.24) is 0 Å². The maximum absolute atomic E-state index is 3.14. The average Bonchev–Trinajstić information content (AvgIpc) is 2.43. The molecule has 0 unspecified atom stereocenters. The van der Waals surface area contributed by atoms with Crippen molar-refractivity contribution in [3.05, 3.63) is 36.2 Å². The van der Waals surface area contributed by atoms with Crippen molar-refractivity contribution in [2.24, 2.45) is 0 Å². The van der Waals surface area contributed by atoms with Crippen LogP contribution in [0.15, 0.2) is 18.2 Å². The van der Waals surface area contributed by atoms with Gasteiger partial charge < -0.3 is 11.3 Å². The summed E-state index contributed by atoms with van der Waals surface area (Å²) < 4.78 is 0. The Labute approximate surface area is 125 Å². The van der Waals surface area contributed by atoms with Gasteiger partial charge in [-0.15, -0.1) is 5.56 Å². The van der Waals surface area contributed by atoms with E-state index in [2.05, 4.69) is 30.1 Å². The molecule has 0 saturated carbocycles. The molecule has 2 rings (SSSR count). The molecule has 1 radical (unpaired) electrons. The monoisotopic (exact) mass is 292 g/mol. The van der Waals surface area contributed by atoms with Crippen LogP contribution >= 0.6 is 0 Å². The summed E-state index contributed by atoms with van der Waals surface area (Å²) in [5.74, 6) is 0. The van der Waals surface area contributed by atoms with E-state index in [-0.39, 0.29) is 32.7 Å². The van der Waals surface area contributed by atoms with Crippen molar-refractivity contribution in [2.45, 2.75) is 33.1 Å². The first-order valence-electron chi connectivity index (χ1n) is 5.73. The van der Waals surface area contributed by atoms with Crippen molar-refractivity contribution in [1.29, 1.82) is 0 Å². The van der Waals surface area contributed by atoms with Crippen LogP contribution in [0, 0.1) is 12.5 Å². The van der Waals surface area contributed by atoms with E-state index in [1.54, 1.807) is 0 Å². The maximum Gasteiger partial charge on any atom is 0.00573 e. The van der Waals surface area contributed by atoms with Gasteiger partial charge in [0.15, 0.2) is 0 Å². The molecule has 1 heterocycles. The van der Waals surface area contributed by atoms with Crippen LogP contribution in [0.1, 0.15) is 32.3 Å². The molecule has 1 aliphatic heterocycles. The van der Waals surface area contributed by atoms with Gasteiger partial charge >= 0.3 is 0 Å². The number of nitrogens with zero attached hydrogens (tertiary/aromatic N) is 1. The predicted molar refractivity (Wildman–Crippen MR) is 67.1 cm³/mol. The van der Waals surface area contributed by atoms with Crippen LogP contribution in [-0.2, 0) is 39.1 Å². The second-order valence-corrected chi connectivity index (χ2v) is 4.01. The van der Waals surface area contributed by atoms with Crippen LogP contribution in [0.5, 0.6) is 0 Å². The number of benzene rings is 1. The fourth-order valence-electron chi connectivity index (χ4n) is 1.81. The Hall–Kier alpha value is 0.124. The number of hydrogen-bond donors (Lipinski definition) is 0. The van der Waals surface area contributed by atoms with Crippen molar-refractivity contribution in [3.8, 4) is 0 Å². The van der Waals surface area contributed by atoms with Gasteiger partial charge in [0.2, 0.25) is 0 Å². The molecule has 0 spiro atoms. The second kappa shape index (κ2) is 9.18. The van der Waals surface area contributed by atoms with Gasteiger partial charge in [-0.1, -0.05) is 5.69 Å². The summed E-state index contributed by atoms with van der Waals surface area (Å²) in [7, 11) is 2.16. The predicted octanol–water partition coefficient (Wildman–Crippen LogP) is 3.49. The first-order valence-corrected chi connectivity index (χ1v) is 5.73. The van der Waals surface area contributed by atoms with Crippen LogP contribution < -0.4 is 4.90 Å². The van der Waals surface area contributed by atoms with E-state index < -0.39 is 0 Å². The molecule has 1 aromatic rings. The van der Waals surface area contributed by atoms with E-state index in [9.17, 15) is 0 Å². The molecular formula is C14H21NY-2. The van der Waals surface area contributed by atoms with Crippen LogP contribution in [0.25, 0.3) is 0 Å². The molecule has 2 heteroatoms. The zero-order valence-corrected chi connectivity index (χ0v) is 13.5. The maximum atomic E-state index is 3.14. The van der Waals surface area contributed by atoms with Crippen LogP contribution in [0.4, 0.5) is 5.69 Å². The Morgan fingerprint density at radius 2 is 2.00 bits per heavy atom. The van der Waals surface area contributed by atoms with E-state index in [0.717, 1.165) is 0 Å². The summed E-state index contributed by atoms with van der Waals surface area (Å²) in [6, 6.07) is 9.44. The summed E-state index contributed by atoms with van der Waals surface area (Å²) in [6.45, 7) is 5.19. The molecule has 87 valence electrons. The molecule has 16 heavy (non-hydrogen) atoms. The fraction of sp³-hybridized carbons (Fsp3) is 0.500. The molecule has 0 aliphatic carbocycles. The van der Waals surface area contributed by atoms with Crippen molar-refractivity contribution >= 4 is 5.69 Å². The molecule has 0 aromatic heterocycles. The number of aryl methyl sites for hydroxylation is 1. The van der Waals surface area contributed by atoms with Crippen LogP contribution in [0.2, 0.25) is 0 Å². The van der Waals surface area contributed by atoms with E-state index >= 15 is 0 Å². The zero-order chi connectivity index (χ0) is 11.1. The molecule has 0 fully saturated rings. The van der Waals surface area contributed by atoms with Gasteiger partial charge in [0.05, 0.1) is 0 Å². The van der Waals surface area contributed by atoms with Gasteiger partial charge in [0.1, 0.15) is 0 Å². The summed E-state index contributed by atoms with van der Waals surface area (Å²) in [5, 5.41) is 0. The summed E-state index contributed by atoms with van der Waals surface area (Å²) >= 11 is 0. The average molecular weight is 292 g/mol. The van der Waals surface area contributed by atoms with Crippen LogP contribution in [0.3, 0.4) is 0 Å². The summed E-state index contributed by atoms with van der Waals surface area (Å²) in [4.78, 5) is 2.33. The number of rotatable bonds is 0. The zero-order valence-electron chi connectivity index (χ0n) is 10.7. The third-order valence-electron chi connectivity index (χ3n) is 2.53. The quantitative estimate of drug-likeness (QED) is 0.662. The third-order valence-corrected chi connectivity index (χ3v) is 2.53. The van der Waals surface area contributed by atoms with Gasteiger partial charge in [-0.25, -0.2) is 0 Å². The van der Waals surface area contributed by atoms with Crippen LogP contribution in [-0.4, -0.2) is 13.6 Å². The van der Waals surface area contributed by atoms with Gasteiger partial charge in [0, 0.05) is 39.3 Å². The molecule has 0 saturated heterocycles. The summed E-state index contributed by atoms with van der Waals surface area (Å²) in [6.07, 6.45) is 5.86. The first-order chi connectivity index (χ1) is 7.29. The van der Waals surface area contributed by atoms with Gasteiger partial charge in [-0.3, -0.25) is 0 Å². The molecular weight excluding hydrogens is 271 g/mol. The normalized spacial score (nSPS) is 13.8. The van der Waals surface area contributed by atoms with E-state index in [1.165, 1.54) is 37.1 Å². The summed E-state index contributed by atoms with van der Waals surface area (Å²) in [5.41, 5.74) is 2.85. The second-order valence-electron chi connectivity index (χ2n) is 4.01. The minimum Gasteiger partial charge on any atom is -0.426 e. The molecule has 1 aliphatic rings. The Kier molecular flexibility index (Phi) is 9.26. The number of hydrogen-bond acceptors (Lipinski definition) is 1. The smallest absolute Gasteiger partial charge is 0.00573 e. The number of anilines is 1. The minimum atomic E-state index is 0. The standard InChI is InChI=1S/C11H14N.C3H7.Y/c1-12-9-5-4-7-10-6-2-3-8-11(10)12;1-3-2;/h2,6,8H,4-5,7,9H2,1H3;3H,1-2H3;/q2*-1;. The fourth-order valence-corrected chi connectivity index (χ4v) is 1.81. The van der Waals surface area contributed by atoms with Crippen molar-refractivity contribution in [3.63, 3.8) is 0 Å². The van der Waals surface area contributed by atoms with E-state index in [4.69, 9.17) is 0 Å². The first kappa shape index (κ1) is 16.1. The van der Waals surface area contributed by atoms with E-state index in [1.807, 2.05) is 26.3 Å². The molecule has 0 N–H and O–H groups in total. The third kappa shape index (κ3) is 4.97. The SMILES string of the molecule is CN1CCCCc2cc[c-]cc21.C[CH-]C.[Y]. The topological polar surface area (TPSA) is 3.24 Å². The Balaban J connectivity index is 0.000000511. The molecule has 0 bridgehead atoms.